The Morgan fingerprint density at radius 1 is 0.927 bits per heavy atom. The molecule has 2 aromatic carbocycles. The Morgan fingerprint density at radius 3 is 2.40 bits per heavy atom. The number of anilines is 1. The molecule has 1 unspecified atom stereocenters. The van der Waals surface area contributed by atoms with Gasteiger partial charge in [0.25, 0.3) is 11.8 Å². The lowest BCUT2D eigenvalue weighted by molar-refractivity contribution is -0.147. The highest BCUT2D eigenvalue weighted by Crippen LogP contribution is 2.29. The van der Waals surface area contributed by atoms with Gasteiger partial charge in [0.1, 0.15) is 17.5 Å². The second-order valence-electron chi connectivity index (χ2n) is 14.3. The molecule has 0 radical (unpaired) electrons. The minimum absolute atomic E-state index is 0.102. The number of hydrogen-bond donors (Lipinski definition) is 2. The lowest BCUT2D eigenvalue weighted by atomic mass is 10.0. The van der Waals surface area contributed by atoms with E-state index in [9.17, 15) is 19.2 Å². The topological polar surface area (TPSA) is 152 Å². The molecule has 2 saturated heterocycles. The van der Waals surface area contributed by atoms with Gasteiger partial charge >= 0.3 is 12.1 Å². The van der Waals surface area contributed by atoms with Crippen LogP contribution in [0, 0.1) is 11.8 Å². The summed E-state index contributed by atoms with van der Waals surface area (Å²) in [7, 11) is 3.02. The Morgan fingerprint density at radius 2 is 1.71 bits per heavy atom. The highest BCUT2D eigenvalue weighted by molar-refractivity contribution is 6.32. The molecule has 13 nitrogen and oxygen atoms in total. The van der Waals surface area contributed by atoms with Crippen LogP contribution in [0.15, 0.2) is 60.8 Å². The molecule has 0 aliphatic carbocycles. The number of likely N-dealkylation sites (tertiary alicyclic amines) is 1. The number of nitrogens with one attached hydrogen (secondary N) is 2. The summed E-state index contributed by atoms with van der Waals surface area (Å²) in [5.41, 5.74) is 7.67. The van der Waals surface area contributed by atoms with Gasteiger partial charge in [0.05, 0.1) is 35.0 Å². The fraction of sp³-hybridized carbons (Fsp3) is 0.366. The number of esters is 1. The summed E-state index contributed by atoms with van der Waals surface area (Å²) in [6.07, 6.45) is 4.01. The maximum Gasteiger partial charge on any atom is 0.426 e. The van der Waals surface area contributed by atoms with Crippen LogP contribution in [0.4, 0.5) is 10.6 Å². The number of carbonyl (C=O) groups excluding carboxylic acids is 4. The van der Waals surface area contributed by atoms with Gasteiger partial charge in [-0.25, -0.2) is 25.0 Å². The van der Waals surface area contributed by atoms with E-state index >= 15 is 0 Å². The molecule has 4 heterocycles. The maximum atomic E-state index is 13.5. The molecular formula is C41H43ClN6O7. The minimum atomic E-state index is -0.796. The van der Waals surface area contributed by atoms with Crippen molar-refractivity contribution in [3.63, 3.8) is 0 Å². The Balaban J connectivity index is 1.24. The zero-order chi connectivity index (χ0) is 39.3. The number of hydrazine groups is 1. The van der Waals surface area contributed by atoms with Gasteiger partial charge in [0, 0.05) is 66.6 Å². The van der Waals surface area contributed by atoms with Gasteiger partial charge in [-0.15, -0.1) is 0 Å². The van der Waals surface area contributed by atoms with Crippen molar-refractivity contribution >= 4 is 52.2 Å². The molecule has 2 fully saturated rings. The number of nitrogens with zero attached hydrogens (tertiary/aromatic N) is 4. The molecule has 2 aliphatic rings. The molecule has 3 amide bonds. The predicted octanol–water partition coefficient (Wildman–Crippen LogP) is 5.91. The average molecular weight is 767 g/mol. The van der Waals surface area contributed by atoms with Gasteiger partial charge < -0.3 is 24.0 Å². The van der Waals surface area contributed by atoms with Crippen molar-refractivity contribution in [2.45, 2.75) is 64.2 Å². The van der Waals surface area contributed by atoms with Crippen LogP contribution >= 0.6 is 11.6 Å². The molecule has 2 aliphatic heterocycles. The summed E-state index contributed by atoms with van der Waals surface area (Å²) >= 11 is 6.58. The summed E-state index contributed by atoms with van der Waals surface area (Å²) in [5, 5.41) is 0.819. The Labute approximate surface area is 324 Å². The van der Waals surface area contributed by atoms with Gasteiger partial charge in [-0.2, -0.15) is 0 Å². The minimum Gasteiger partial charge on any atom is -0.467 e. The van der Waals surface area contributed by atoms with Crippen molar-refractivity contribution in [2.24, 2.45) is 0 Å². The molecule has 286 valence electrons. The Kier molecular flexibility index (Phi) is 11.9. The zero-order valence-corrected chi connectivity index (χ0v) is 32.2. The van der Waals surface area contributed by atoms with E-state index in [4.69, 9.17) is 30.8 Å². The van der Waals surface area contributed by atoms with Crippen molar-refractivity contribution in [1.82, 2.24) is 25.7 Å². The Hall–Kier alpha value is -5.71. The number of rotatable bonds is 6. The van der Waals surface area contributed by atoms with Crippen molar-refractivity contribution in [3.05, 3.63) is 88.1 Å². The maximum absolute atomic E-state index is 13.5. The summed E-state index contributed by atoms with van der Waals surface area (Å²) in [4.78, 5) is 64.6. The van der Waals surface area contributed by atoms with Gasteiger partial charge in [-0.05, 0) is 82.9 Å². The number of fused-ring (bicyclic) bond motifs is 1. The normalized spacial score (nSPS) is 16.9. The number of aromatic nitrogens is 2. The van der Waals surface area contributed by atoms with E-state index in [1.54, 1.807) is 63.2 Å². The van der Waals surface area contributed by atoms with Crippen LogP contribution in [0.3, 0.4) is 0 Å². The average Bonchev–Trinajstić information content (AvgIpc) is 3.67. The van der Waals surface area contributed by atoms with Gasteiger partial charge in [-0.3, -0.25) is 15.0 Å². The van der Waals surface area contributed by atoms with E-state index < -0.39 is 29.6 Å². The molecule has 4 aromatic rings. The lowest BCUT2D eigenvalue weighted by Gasteiger charge is -2.33. The standard InChI is InChI=1S/C41H43ClN6O7/c1-41(2,3)55-40(52)46-45-37(49)30-21-33(44-34-22-36(43-23-31(30)34)47-19-17-29(24-47)53-4)27-13-10-25(11-14-27)9-12-26-15-16-28(20-32(26)42)38(50)48-18-7-6-8-35(48)39(51)54-5/h10-11,13-16,20-23,29,35H,6-8,17-19,24H2,1-5H3,(H,45,49)(H,46,52)/t29?,35-/m0/s1. The third kappa shape index (κ3) is 9.33. The molecular weight excluding hydrogens is 724 g/mol. The lowest BCUT2D eigenvalue weighted by Crippen LogP contribution is -2.48. The fourth-order valence-corrected chi connectivity index (χ4v) is 6.79. The third-order valence-electron chi connectivity index (χ3n) is 9.38. The quantitative estimate of drug-likeness (QED) is 0.138. The first-order valence-electron chi connectivity index (χ1n) is 18.0. The number of pyridine rings is 2. The number of methoxy groups -OCH3 is 2. The number of halogens is 1. The first-order valence-corrected chi connectivity index (χ1v) is 18.4. The van der Waals surface area contributed by atoms with Gasteiger partial charge in [-0.1, -0.05) is 35.6 Å². The summed E-state index contributed by atoms with van der Waals surface area (Å²) in [6.45, 7) is 7.11. The molecule has 0 bridgehead atoms. The molecule has 2 aromatic heterocycles. The SMILES string of the molecule is COC(=O)[C@@H]1CCCCN1C(=O)c1ccc(C#Cc2ccc(-c3cc(C(=O)NNC(=O)OC(C)(C)C)c4cnc(N5CCC(OC)C5)cc4n3)cc2)c(Cl)c1. The highest BCUT2D eigenvalue weighted by Gasteiger charge is 2.33. The van der Waals surface area contributed by atoms with E-state index in [1.165, 1.54) is 7.11 Å². The number of benzene rings is 2. The van der Waals surface area contributed by atoms with Crippen molar-refractivity contribution in [2.75, 3.05) is 38.8 Å². The zero-order valence-electron chi connectivity index (χ0n) is 31.4. The van der Waals surface area contributed by atoms with Crippen LogP contribution in [0.25, 0.3) is 22.2 Å². The largest absolute Gasteiger partial charge is 0.467 e. The van der Waals surface area contributed by atoms with Gasteiger partial charge in [0.2, 0.25) is 0 Å². The summed E-state index contributed by atoms with van der Waals surface area (Å²) in [6, 6.07) is 15.2. The number of carbonyl (C=O) groups is 4. The Bertz CT molecular complexity index is 2180. The predicted molar refractivity (Wildman–Crippen MR) is 208 cm³/mol. The monoisotopic (exact) mass is 766 g/mol. The van der Waals surface area contributed by atoms with Crippen LogP contribution in [0.5, 0.6) is 0 Å². The number of ether oxygens (including phenoxy) is 3. The second-order valence-corrected chi connectivity index (χ2v) is 14.8. The van der Waals surface area contributed by atoms with Crippen LogP contribution in [-0.4, -0.2) is 90.3 Å². The first-order chi connectivity index (χ1) is 26.3. The molecule has 2 atom stereocenters. The van der Waals surface area contributed by atoms with Gasteiger partial charge in [0.15, 0.2) is 0 Å². The summed E-state index contributed by atoms with van der Waals surface area (Å²) in [5.74, 6) is 5.65. The fourth-order valence-electron chi connectivity index (χ4n) is 6.56. The van der Waals surface area contributed by atoms with E-state index in [1.807, 2.05) is 30.3 Å². The van der Waals surface area contributed by atoms with Crippen LogP contribution in [-0.2, 0) is 19.0 Å². The van der Waals surface area contributed by atoms with E-state index in [0.717, 1.165) is 31.4 Å². The molecule has 14 heteroatoms. The molecule has 0 spiro atoms. The van der Waals surface area contributed by atoms with Crippen LogP contribution < -0.4 is 15.8 Å². The highest BCUT2D eigenvalue weighted by atomic mass is 35.5. The molecule has 0 saturated carbocycles. The van der Waals surface area contributed by atoms with E-state index in [0.29, 0.717) is 63.6 Å². The first kappa shape index (κ1) is 39.0. The van der Waals surface area contributed by atoms with E-state index in [-0.39, 0.29) is 17.6 Å². The second kappa shape index (κ2) is 16.8. The third-order valence-corrected chi connectivity index (χ3v) is 9.69. The molecule has 2 N–H and O–H groups in total. The van der Waals surface area contributed by atoms with Crippen molar-refractivity contribution in [1.29, 1.82) is 0 Å². The number of hydrogen-bond acceptors (Lipinski definition) is 10. The number of piperidine rings is 1. The smallest absolute Gasteiger partial charge is 0.426 e. The summed E-state index contributed by atoms with van der Waals surface area (Å²) < 4.78 is 15.7. The molecule has 55 heavy (non-hydrogen) atoms. The van der Waals surface area contributed by atoms with E-state index in [2.05, 4.69) is 32.6 Å². The van der Waals surface area contributed by atoms with Crippen molar-refractivity contribution < 1.29 is 33.4 Å². The van der Waals surface area contributed by atoms with Crippen LogP contribution in [0.2, 0.25) is 5.02 Å². The molecule has 6 rings (SSSR count). The number of amides is 3. The van der Waals surface area contributed by atoms with Crippen molar-refractivity contribution in [3.8, 4) is 23.1 Å². The van der Waals surface area contributed by atoms with Crippen LogP contribution in [0.1, 0.15) is 78.3 Å².